The molecule has 1 aromatic carbocycles. The van der Waals surface area contributed by atoms with Crippen molar-refractivity contribution in [2.45, 2.75) is 39.3 Å². The number of rotatable bonds is 12. The Morgan fingerprint density at radius 2 is 1.97 bits per heavy atom. The molecule has 0 bridgehead atoms. The minimum atomic E-state index is 0.487. The maximum Gasteiger partial charge on any atom is 0.218 e. The molecule has 0 unspecified atom stereocenters. The molecule has 2 N–H and O–H groups in total. The van der Waals surface area contributed by atoms with Gasteiger partial charge in [0.2, 0.25) is 5.88 Å². The Hall–Kier alpha value is -2.64. The summed E-state index contributed by atoms with van der Waals surface area (Å²) in [4.78, 5) is 9.11. The third-order valence-corrected chi connectivity index (χ3v) is 5.27. The molecule has 0 spiro atoms. The Kier molecular flexibility index (Phi) is 10.8. The fourth-order valence-corrected chi connectivity index (χ4v) is 3.45. The van der Waals surface area contributed by atoms with Crippen LogP contribution < -0.4 is 15.4 Å². The second kappa shape index (κ2) is 14.4. The van der Waals surface area contributed by atoms with Crippen LogP contribution in [0.25, 0.3) is 0 Å². The summed E-state index contributed by atoms with van der Waals surface area (Å²) in [7, 11) is 0. The standard InChI is InChI=1S/C25H36N4O3/c1-2-26-25(28-14-7-15-31-19-22-11-16-30-17-12-22)29-18-23-10-6-13-27-24(23)32-20-21-8-4-3-5-9-21/h3-6,8-10,13,22H,2,7,11-12,14-20H2,1H3,(H2,26,28,29). The number of hydrogen-bond acceptors (Lipinski definition) is 5. The Labute approximate surface area is 191 Å². The van der Waals surface area contributed by atoms with Gasteiger partial charge in [0.05, 0.1) is 6.54 Å². The van der Waals surface area contributed by atoms with E-state index in [1.165, 1.54) is 0 Å². The van der Waals surface area contributed by atoms with Gasteiger partial charge < -0.3 is 24.8 Å². The zero-order valence-corrected chi connectivity index (χ0v) is 19.1. The third-order valence-electron chi connectivity index (χ3n) is 5.27. The van der Waals surface area contributed by atoms with Crippen LogP contribution in [0.1, 0.15) is 37.3 Å². The molecule has 0 saturated carbocycles. The first-order chi connectivity index (χ1) is 15.8. The molecule has 0 atom stereocenters. The van der Waals surface area contributed by atoms with E-state index in [0.717, 1.165) is 75.9 Å². The van der Waals surface area contributed by atoms with Crippen LogP contribution in [0.3, 0.4) is 0 Å². The number of nitrogens with zero attached hydrogens (tertiary/aromatic N) is 2. The molecule has 2 aromatic rings. The van der Waals surface area contributed by atoms with Crippen molar-refractivity contribution in [1.82, 2.24) is 15.6 Å². The quantitative estimate of drug-likeness (QED) is 0.299. The minimum Gasteiger partial charge on any atom is -0.473 e. The van der Waals surface area contributed by atoms with Gasteiger partial charge in [0.1, 0.15) is 6.61 Å². The molecule has 3 rings (SSSR count). The number of hydrogen-bond donors (Lipinski definition) is 2. The number of ether oxygens (including phenoxy) is 3. The first kappa shape index (κ1) is 24.0. The second-order valence-electron chi connectivity index (χ2n) is 7.85. The van der Waals surface area contributed by atoms with Gasteiger partial charge in [-0.1, -0.05) is 36.4 Å². The first-order valence-electron chi connectivity index (χ1n) is 11.6. The van der Waals surface area contributed by atoms with Crippen molar-refractivity contribution >= 4 is 5.96 Å². The van der Waals surface area contributed by atoms with E-state index in [1.807, 2.05) is 42.5 Å². The van der Waals surface area contributed by atoms with Gasteiger partial charge in [-0.25, -0.2) is 9.98 Å². The van der Waals surface area contributed by atoms with Gasteiger partial charge in [0.15, 0.2) is 5.96 Å². The molecule has 1 aliphatic rings. The normalized spacial score (nSPS) is 14.8. The van der Waals surface area contributed by atoms with Crippen LogP contribution in [0.4, 0.5) is 0 Å². The Morgan fingerprint density at radius 1 is 1.12 bits per heavy atom. The molecule has 0 aliphatic carbocycles. The lowest BCUT2D eigenvalue weighted by Crippen LogP contribution is -2.38. The lowest BCUT2D eigenvalue weighted by molar-refractivity contribution is 0.0203. The van der Waals surface area contributed by atoms with Gasteiger partial charge in [-0.2, -0.15) is 0 Å². The van der Waals surface area contributed by atoms with Gasteiger partial charge in [0.25, 0.3) is 0 Å². The highest BCUT2D eigenvalue weighted by Crippen LogP contribution is 2.17. The zero-order valence-electron chi connectivity index (χ0n) is 19.1. The summed E-state index contributed by atoms with van der Waals surface area (Å²) in [6, 6.07) is 14.0. The van der Waals surface area contributed by atoms with Crippen LogP contribution in [0.2, 0.25) is 0 Å². The summed E-state index contributed by atoms with van der Waals surface area (Å²) in [5, 5.41) is 6.68. The maximum atomic E-state index is 5.95. The predicted molar refractivity (Wildman–Crippen MR) is 127 cm³/mol. The van der Waals surface area contributed by atoms with E-state index in [2.05, 4.69) is 22.5 Å². The minimum absolute atomic E-state index is 0.487. The van der Waals surface area contributed by atoms with Crippen molar-refractivity contribution in [3.05, 3.63) is 59.8 Å². The molecule has 1 fully saturated rings. The van der Waals surface area contributed by atoms with Crippen molar-refractivity contribution in [1.29, 1.82) is 0 Å². The molecular weight excluding hydrogens is 404 g/mol. The van der Waals surface area contributed by atoms with Crippen LogP contribution in [0.15, 0.2) is 53.7 Å². The van der Waals surface area contributed by atoms with Gasteiger partial charge in [-0.3, -0.25) is 0 Å². The fraction of sp³-hybridized carbons (Fsp3) is 0.520. The number of nitrogens with one attached hydrogen (secondary N) is 2. The number of pyridine rings is 1. The average molecular weight is 441 g/mol. The Bertz CT molecular complexity index is 795. The topological polar surface area (TPSA) is 77.0 Å². The SMILES string of the molecule is CCNC(=NCc1cccnc1OCc1ccccc1)NCCCOCC1CCOCC1. The number of aliphatic imine (C=N–C) groups is 1. The molecule has 7 nitrogen and oxygen atoms in total. The summed E-state index contributed by atoms with van der Waals surface area (Å²) in [5.74, 6) is 2.06. The Morgan fingerprint density at radius 3 is 2.78 bits per heavy atom. The highest BCUT2D eigenvalue weighted by atomic mass is 16.5. The van der Waals surface area contributed by atoms with Crippen molar-refractivity contribution in [3.8, 4) is 5.88 Å². The lowest BCUT2D eigenvalue weighted by Gasteiger charge is -2.21. The number of aromatic nitrogens is 1. The van der Waals surface area contributed by atoms with E-state index in [9.17, 15) is 0 Å². The maximum absolute atomic E-state index is 5.95. The average Bonchev–Trinajstić information content (AvgIpc) is 2.85. The van der Waals surface area contributed by atoms with E-state index in [1.54, 1.807) is 6.20 Å². The van der Waals surface area contributed by atoms with Gasteiger partial charge in [-0.15, -0.1) is 0 Å². The summed E-state index contributed by atoms with van der Waals surface area (Å²) >= 11 is 0. The molecule has 1 aliphatic heterocycles. The smallest absolute Gasteiger partial charge is 0.218 e. The summed E-state index contributed by atoms with van der Waals surface area (Å²) < 4.78 is 17.2. The summed E-state index contributed by atoms with van der Waals surface area (Å²) in [5.41, 5.74) is 2.07. The molecule has 7 heteroatoms. The van der Waals surface area contributed by atoms with Crippen LogP contribution >= 0.6 is 0 Å². The van der Waals surface area contributed by atoms with Crippen LogP contribution in [-0.4, -0.2) is 50.5 Å². The highest BCUT2D eigenvalue weighted by Gasteiger charge is 2.13. The molecule has 0 amide bonds. The predicted octanol–water partition coefficient (Wildman–Crippen LogP) is 3.55. The monoisotopic (exact) mass is 440 g/mol. The number of benzene rings is 1. The molecule has 2 heterocycles. The molecule has 32 heavy (non-hydrogen) atoms. The zero-order chi connectivity index (χ0) is 22.3. The van der Waals surface area contributed by atoms with E-state index in [0.29, 0.717) is 24.9 Å². The first-order valence-corrected chi connectivity index (χ1v) is 11.6. The fourth-order valence-electron chi connectivity index (χ4n) is 3.45. The van der Waals surface area contributed by atoms with Crippen molar-refractivity contribution in [2.75, 3.05) is 39.5 Å². The van der Waals surface area contributed by atoms with Gasteiger partial charge in [-0.05, 0) is 43.7 Å². The van der Waals surface area contributed by atoms with Crippen molar-refractivity contribution in [3.63, 3.8) is 0 Å². The second-order valence-corrected chi connectivity index (χ2v) is 7.85. The summed E-state index contributed by atoms with van der Waals surface area (Å²) in [6.07, 6.45) is 4.91. The van der Waals surface area contributed by atoms with E-state index >= 15 is 0 Å². The van der Waals surface area contributed by atoms with E-state index in [4.69, 9.17) is 19.2 Å². The third kappa shape index (κ3) is 8.85. The molecule has 1 aromatic heterocycles. The van der Waals surface area contributed by atoms with Crippen molar-refractivity contribution < 1.29 is 14.2 Å². The number of guanidine groups is 1. The van der Waals surface area contributed by atoms with Crippen molar-refractivity contribution in [2.24, 2.45) is 10.9 Å². The van der Waals surface area contributed by atoms with Gasteiger partial charge in [0, 0.05) is 51.3 Å². The van der Waals surface area contributed by atoms with Crippen LogP contribution in [0.5, 0.6) is 5.88 Å². The molecule has 1 saturated heterocycles. The van der Waals surface area contributed by atoms with Gasteiger partial charge >= 0.3 is 0 Å². The van der Waals surface area contributed by atoms with E-state index in [-0.39, 0.29) is 0 Å². The van der Waals surface area contributed by atoms with Crippen LogP contribution in [-0.2, 0) is 22.6 Å². The molecule has 174 valence electrons. The molecule has 0 radical (unpaired) electrons. The lowest BCUT2D eigenvalue weighted by atomic mass is 10.0. The largest absolute Gasteiger partial charge is 0.473 e. The molecular formula is C25H36N4O3. The highest BCUT2D eigenvalue weighted by molar-refractivity contribution is 5.79. The summed E-state index contributed by atoms with van der Waals surface area (Å²) in [6.45, 7) is 7.98. The van der Waals surface area contributed by atoms with Crippen LogP contribution in [0, 0.1) is 5.92 Å². The Balaban J connectivity index is 1.41. The van der Waals surface area contributed by atoms with E-state index < -0.39 is 0 Å².